The Hall–Kier alpha value is -1.85. The molecule has 4 nitrogen and oxygen atoms in total. The number of benzene rings is 1. The predicted octanol–water partition coefficient (Wildman–Crippen LogP) is 5.06. The van der Waals surface area contributed by atoms with E-state index >= 15 is 0 Å². The number of hydrogen-bond acceptors (Lipinski definition) is 3. The molecule has 1 aromatic carbocycles. The van der Waals surface area contributed by atoms with E-state index in [4.69, 9.17) is 11.6 Å². The van der Waals surface area contributed by atoms with Crippen LogP contribution < -0.4 is 5.32 Å². The minimum absolute atomic E-state index is 0.122. The van der Waals surface area contributed by atoms with E-state index < -0.39 is 6.04 Å². The van der Waals surface area contributed by atoms with Gasteiger partial charge in [-0.15, -0.1) is 22.9 Å². The number of aryl methyl sites for hydroxylation is 1. The van der Waals surface area contributed by atoms with Crippen LogP contribution in [-0.2, 0) is 16.1 Å². The van der Waals surface area contributed by atoms with E-state index in [1.807, 2.05) is 48.7 Å². The standard InChI is InChI=1S/C23H29ClN2O2S/c1-16-5-9-18(10-6-16)22(23(28)25-19-11-7-17(2)8-12-19)26(21(27)14-24)15-20-4-3-13-29-20/h3-6,9-10,13,17,19,22H,7-8,11-12,14-15H2,1-2H3,(H,25,28). The third-order valence-corrected chi connectivity index (χ3v) is 6.75. The van der Waals surface area contributed by atoms with Crippen molar-refractivity contribution in [1.82, 2.24) is 10.2 Å². The van der Waals surface area contributed by atoms with Gasteiger partial charge in [0.05, 0.1) is 6.54 Å². The van der Waals surface area contributed by atoms with Gasteiger partial charge in [0.15, 0.2) is 0 Å². The number of thiophene rings is 1. The van der Waals surface area contributed by atoms with Crippen LogP contribution in [0.4, 0.5) is 0 Å². The van der Waals surface area contributed by atoms with Crippen molar-refractivity contribution in [1.29, 1.82) is 0 Å². The van der Waals surface area contributed by atoms with Gasteiger partial charge in [-0.2, -0.15) is 0 Å². The van der Waals surface area contributed by atoms with Crippen LogP contribution in [0.2, 0.25) is 0 Å². The first-order valence-electron chi connectivity index (χ1n) is 10.2. The molecule has 2 aromatic rings. The molecule has 2 amide bonds. The minimum atomic E-state index is -0.691. The molecule has 0 bridgehead atoms. The molecule has 3 rings (SSSR count). The first-order valence-corrected chi connectivity index (χ1v) is 11.6. The maximum Gasteiger partial charge on any atom is 0.247 e. The van der Waals surface area contributed by atoms with Gasteiger partial charge in [-0.05, 0) is 55.5 Å². The van der Waals surface area contributed by atoms with Gasteiger partial charge in [0.2, 0.25) is 11.8 Å². The smallest absolute Gasteiger partial charge is 0.247 e. The first kappa shape index (κ1) is 21.8. The van der Waals surface area contributed by atoms with Crippen molar-refractivity contribution in [3.05, 3.63) is 57.8 Å². The summed E-state index contributed by atoms with van der Waals surface area (Å²) in [5, 5.41) is 5.19. The lowest BCUT2D eigenvalue weighted by Crippen LogP contribution is -2.47. The van der Waals surface area contributed by atoms with E-state index in [1.54, 1.807) is 16.2 Å². The van der Waals surface area contributed by atoms with E-state index in [9.17, 15) is 9.59 Å². The van der Waals surface area contributed by atoms with Gasteiger partial charge >= 0.3 is 0 Å². The molecule has 156 valence electrons. The van der Waals surface area contributed by atoms with Crippen LogP contribution in [0.25, 0.3) is 0 Å². The second-order valence-electron chi connectivity index (χ2n) is 8.01. The lowest BCUT2D eigenvalue weighted by Gasteiger charge is -2.33. The third-order valence-electron chi connectivity index (χ3n) is 5.66. The normalized spacial score (nSPS) is 20.1. The van der Waals surface area contributed by atoms with Gasteiger partial charge < -0.3 is 10.2 Å². The Morgan fingerprint density at radius 1 is 1.17 bits per heavy atom. The fourth-order valence-electron chi connectivity index (χ4n) is 3.88. The first-order chi connectivity index (χ1) is 14.0. The summed E-state index contributed by atoms with van der Waals surface area (Å²) in [4.78, 5) is 28.8. The number of carbonyl (C=O) groups is 2. The predicted molar refractivity (Wildman–Crippen MR) is 119 cm³/mol. The Balaban J connectivity index is 1.88. The Morgan fingerprint density at radius 3 is 2.45 bits per heavy atom. The topological polar surface area (TPSA) is 49.4 Å². The molecule has 6 heteroatoms. The molecule has 1 aromatic heterocycles. The Labute approximate surface area is 182 Å². The average Bonchev–Trinajstić information content (AvgIpc) is 3.23. The van der Waals surface area contributed by atoms with Crippen LogP contribution in [0.1, 0.15) is 54.7 Å². The zero-order valence-electron chi connectivity index (χ0n) is 17.1. The molecule has 0 aliphatic heterocycles. The van der Waals surface area contributed by atoms with Crippen molar-refractivity contribution in [3.8, 4) is 0 Å². The summed E-state index contributed by atoms with van der Waals surface area (Å²) in [6.45, 7) is 4.64. The van der Waals surface area contributed by atoms with Crippen LogP contribution >= 0.6 is 22.9 Å². The third kappa shape index (κ3) is 5.83. The number of nitrogens with one attached hydrogen (secondary N) is 1. The molecule has 1 N–H and O–H groups in total. The maximum atomic E-state index is 13.4. The number of nitrogens with zero attached hydrogens (tertiary/aromatic N) is 1. The molecule has 0 saturated heterocycles. The van der Waals surface area contributed by atoms with E-state index in [0.717, 1.165) is 41.7 Å². The number of amides is 2. The minimum Gasteiger partial charge on any atom is -0.351 e. The fraction of sp³-hybridized carbons (Fsp3) is 0.478. The summed E-state index contributed by atoms with van der Waals surface area (Å²) in [6, 6.07) is 11.2. The van der Waals surface area contributed by atoms with Crippen LogP contribution in [0, 0.1) is 12.8 Å². The highest BCUT2D eigenvalue weighted by atomic mass is 35.5. The monoisotopic (exact) mass is 432 g/mol. The van der Waals surface area contributed by atoms with Crippen LogP contribution in [0.15, 0.2) is 41.8 Å². The van der Waals surface area contributed by atoms with Crippen molar-refractivity contribution in [2.45, 2.75) is 58.2 Å². The van der Waals surface area contributed by atoms with Crippen molar-refractivity contribution >= 4 is 34.8 Å². The number of hydrogen-bond donors (Lipinski definition) is 1. The van der Waals surface area contributed by atoms with Gasteiger partial charge in [0, 0.05) is 10.9 Å². The van der Waals surface area contributed by atoms with E-state index in [-0.39, 0.29) is 23.7 Å². The highest BCUT2D eigenvalue weighted by Crippen LogP contribution is 2.28. The molecular formula is C23H29ClN2O2S. The molecule has 1 heterocycles. The molecule has 1 fully saturated rings. The lowest BCUT2D eigenvalue weighted by molar-refractivity contribution is -0.140. The number of rotatable bonds is 7. The van der Waals surface area contributed by atoms with Crippen LogP contribution in [0.3, 0.4) is 0 Å². The molecule has 29 heavy (non-hydrogen) atoms. The molecule has 1 aliphatic carbocycles. The van der Waals surface area contributed by atoms with E-state index in [0.29, 0.717) is 12.5 Å². The zero-order chi connectivity index (χ0) is 20.8. The number of alkyl halides is 1. The van der Waals surface area contributed by atoms with E-state index in [1.165, 1.54) is 0 Å². The fourth-order valence-corrected chi connectivity index (χ4v) is 4.73. The maximum absolute atomic E-state index is 13.4. The van der Waals surface area contributed by atoms with Crippen molar-refractivity contribution in [2.75, 3.05) is 5.88 Å². The Bertz CT molecular complexity index is 799. The molecule has 0 spiro atoms. The Kier molecular flexibility index (Phi) is 7.73. The van der Waals surface area contributed by atoms with E-state index in [2.05, 4.69) is 12.2 Å². The van der Waals surface area contributed by atoms with Crippen LogP contribution in [-0.4, -0.2) is 28.6 Å². The van der Waals surface area contributed by atoms with Gasteiger partial charge in [0.25, 0.3) is 0 Å². The quantitative estimate of drug-likeness (QED) is 0.621. The second-order valence-corrected chi connectivity index (χ2v) is 9.31. The highest BCUT2D eigenvalue weighted by molar-refractivity contribution is 7.09. The summed E-state index contributed by atoms with van der Waals surface area (Å²) >= 11 is 7.51. The van der Waals surface area contributed by atoms with Crippen molar-refractivity contribution in [2.24, 2.45) is 5.92 Å². The summed E-state index contributed by atoms with van der Waals surface area (Å²) in [5.41, 5.74) is 1.93. The summed E-state index contributed by atoms with van der Waals surface area (Å²) < 4.78 is 0. The average molecular weight is 433 g/mol. The van der Waals surface area contributed by atoms with Gasteiger partial charge in [-0.25, -0.2) is 0 Å². The van der Waals surface area contributed by atoms with Gasteiger partial charge in [0.1, 0.15) is 11.9 Å². The summed E-state index contributed by atoms with van der Waals surface area (Å²) in [5.74, 6) is 0.202. The lowest BCUT2D eigenvalue weighted by atomic mass is 9.87. The number of carbonyl (C=O) groups excluding carboxylic acids is 2. The molecule has 1 saturated carbocycles. The highest BCUT2D eigenvalue weighted by Gasteiger charge is 2.33. The van der Waals surface area contributed by atoms with Crippen molar-refractivity contribution in [3.63, 3.8) is 0 Å². The molecule has 1 unspecified atom stereocenters. The zero-order valence-corrected chi connectivity index (χ0v) is 18.6. The van der Waals surface area contributed by atoms with Crippen molar-refractivity contribution < 1.29 is 9.59 Å². The van der Waals surface area contributed by atoms with Gasteiger partial charge in [-0.1, -0.05) is 42.8 Å². The summed E-state index contributed by atoms with van der Waals surface area (Å²) in [7, 11) is 0. The Morgan fingerprint density at radius 2 is 1.86 bits per heavy atom. The molecular weight excluding hydrogens is 404 g/mol. The molecule has 1 atom stereocenters. The number of halogens is 1. The van der Waals surface area contributed by atoms with Crippen LogP contribution in [0.5, 0.6) is 0 Å². The summed E-state index contributed by atoms with van der Waals surface area (Å²) in [6.07, 6.45) is 4.23. The van der Waals surface area contributed by atoms with Gasteiger partial charge in [-0.3, -0.25) is 9.59 Å². The SMILES string of the molecule is Cc1ccc(C(C(=O)NC2CCC(C)CC2)N(Cc2cccs2)C(=O)CCl)cc1. The molecule has 1 aliphatic rings. The molecule has 0 radical (unpaired) electrons. The largest absolute Gasteiger partial charge is 0.351 e. The second kappa shape index (κ2) is 10.3.